The van der Waals surface area contributed by atoms with Crippen molar-refractivity contribution >= 4 is 62.7 Å². The molecule has 0 saturated heterocycles. The van der Waals surface area contributed by atoms with Gasteiger partial charge in [-0.2, -0.15) is 0 Å². The van der Waals surface area contributed by atoms with Gasteiger partial charge in [0.1, 0.15) is 6.04 Å². The molecular weight excluding hydrogens is 555 g/mol. The fraction of sp³-hybridized carbons (Fsp3) is 0.231. The van der Waals surface area contributed by atoms with Gasteiger partial charge in [-0.05, 0) is 41.0 Å². The highest BCUT2D eigenvalue weighted by atomic mass is 79.9. The van der Waals surface area contributed by atoms with Gasteiger partial charge in [0.15, 0.2) is 0 Å². The zero-order chi connectivity index (χ0) is 24.5. The van der Waals surface area contributed by atoms with E-state index in [2.05, 4.69) is 21.2 Å². The molecule has 0 unspecified atom stereocenters. The third-order valence-electron chi connectivity index (χ3n) is 5.26. The topological polar surface area (TPSA) is 49.4 Å². The molecule has 0 spiro atoms. The van der Waals surface area contributed by atoms with Crippen LogP contribution in [-0.2, 0) is 28.3 Å². The highest BCUT2D eigenvalue weighted by Crippen LogP contribution is 2.25. The SMILES string of the molecule is CNC(=O)[C@H](Cc1ccccc1)N(Cc1ccc(Cl)c(Cl)c1)C(=O)CSCc1ccc(Br)cc1. The lowest BCUT2D eigenvalue weighted by atomic mass is 10.0. The predicted molar refractivity (Wildman–Crippen MR) is 145 cm³/mol. The number of benzene rings is 3. The number of thioether (sulfide) groups is 1. The number of likely N-dealkylation sites (N-methyl/N-ethyl adjacent to an activating group) is 1. The second-order valence-electron chi connectivity index (χ2n) is 7.71. The van der Waals surface area contributed by atoms with E-state index in [1.807, 2.05) is 60.7 Å². The number of halogens is 3. The Kier molecular flexibility index (Phi) is 10.3. The molecule has 0 aliphatic rings. The number of carbonyl (C=O) groups is 2. The van der Waals surface area contributed by atoms with E-state index in [0.29, 0.717) is 22.2 Å². The Hall–Kier alpha value is -1.99. The average molecular weight is 580 g/mol. The molecule has 178 valence electrons. The van der Waals surface area contributed by atoms with Crippen molar-refractivity contribution in [3.05, 3.63) is 104 Å². The standard InChI is InChI=1S/C26H25BrCl2N2O2S/c1-30-26(33)24(14-18-5-3-2-4-6-18)31(15-20-9-12-22(28)23(29)13-20)25(32)17-34-16-19-7-10-21(27)11-8-19/h2-13,24H,14-17H2,1H3,(H,30,33)/t24-/m0/s1. The Morgan fingerprint density at radius 2 is 1.62 bits per heavy atom. The number of carbonyl (C=O) groups excluding carboxylic acids is 2. The Bertz CT molecular complexity index is 1110. The van der Waals surface area contributed by atoms with Crippen LogP contribution in [0.2, 0.25) is 10.0 Å². The van der Waals surface area contributed by atoms with Crippen molar-refractivity contribution in [1.82, 2.24) is 10.2 Å². The van der Waals surface area contributed by atoms with Gasteiger partial charge in [-0.3, -0.25) is 9.59 Å². The largest absolute Gasteiger partial charge is 0.357 e. The summed E-state index contributed by atoms with van der Waals surface area (Å²) in [7, 11) is 1.59. The van der Waals surface area contributed by atoms with Crippen LogP contribution in [-0.4, -0.2) is 35.6 Å². The molecule has 3 aromatic carbocycles. The van der Waals surface area contributed by atoms with Crippen molar-refractivity contribution < 1.29 is 9.59 Å². The van der Waals surface area contributed by atoms with Crippen LogP contribution in [0.5, 0.6) is 0 Å². The Labute approximate surface area is 223 Å². The highest BCUT2D eigenvalue weighted by molar-refractivity contribution is 9.10. The first-order chi connectivity index (χ1) is 16.4. The number of nitrogens with one attached hydrogen (secondary N) is 1. The van der Waals surface area contributed by atoms with Crippen molar-refractivity contribution in [3.8, 4) is 0 Å². The van der Waals surface area contributed by atoms with Crippen molar-refractivity contribution in [3.63, 3.8) is 0 Å². The summed E-state index contributed by atoms with van der Waals surface area (Å²) < 4.78 is 1.01. The van der Waals surface area contributed by atoms with Crippen LogP contribution in [0.25, 0.3) is 0 Å². The van der Waals surface area contributed by atoms with Gasteiger partial charge < -0.3 is 10.2 Å². The zero-order valence-corrected chi connectivity index (χ0v) is 22.6. The van der Waals surface area contributed by atoms with Gasteiger partial charge in [0.05, 0.1) is 15.8 Å². The normalized spacial score (nSPS) is 11.6. The fourth-order valence-corrected chi connectivity index (χ4v) is 4.93. The summed E-state index contributed by atoms with van der Waals surface area (Å²) in [4.78, 5) is 28.0. The smallest absolute Gasteiger partial charge is 0.242 e. The Balaban J connectivity index is 1.82. The number of hydrogen-bond donors (Lipinski definition) is 1. The first-order valence-electron chi connectivity index (χ1n) is 10.7. The number of amides is 2. The second-order valence-corrected chi connectivity index (χ2v) is 10.4. The maximum Gasteiger partial charge on any atom is 0.242 e. The van der Waals surface area contributed by atoms with Crippen LogP contribution in [0, 0.1) is 0 Å². The highest BCUT2D eigenvalue weighted by Gasteiger charge is 2.29. The van der Waals surface area contributed by atoms with Gasteiger partial charge >= 0.3 is 0 Å². The van der Waals surface area contributed by atoms with Gasteiger partial charge in [-0.1, -0.05) is 87.7 Å². The van der Waals surface area contributed by atoms with E-state index in [-0.39, 0.29) is 24.1 Å². The number of hydrogen-bond acceptors (Lipinski definition) is 3. The van der Waals surface area contributed by atoms with Crippen LogP contribution in [0.15, 0.2) is 77.3 Å². The quantitative estimate of drug-likeness (QED) is 0.303. The van der Waals surface area contributed by atoms with E-state index in [1.54, 1.807) is 24.1 Å². The minimum Gasteiger partial charge on any atom is -0.357 e. The lowest BCUT2D eigenvalue weighted by molar-refractivity contribution is -0.139. The molecule has 3 aromatic rings. The minimum absolute atomic E-state index is 0.113. The molecule has 0 aliphatic carbocycles. The van der Waals surface area contributed by atoms with Crippen LogP contribution in [0.4, 0.5) is 0 Å². The molecular formula is C26H25BrCl2N2O2S. The molecule has 0 radical (unpaired) electrons. The molecule has 0 heterocycles. The summed E-state index contributed by atoms with van der Waals surface area (Å²) in [6, 6.07) is 22.3. The first-order valence-corrected chi connectivity index (χ1v) is 13.4. The molecule has 8 heteroatoms. The average Bonchev–Trinajstić information content (AvgIpc) is 2.84. The molecule has 1 N–H and O–H groups in total. The van der Waals surface area contributed by atoms with Crippen LogP contribution >= 0.6 is 50.9 Å². The van der Waals surface area contributed by atoms with Gasteiger partial charge in [-0.25, -0.2) is 0 Å². The van der Waals surface area contributed by atoms with Gasteiger partial charge in [0, 0.05) is 30.2 Å². The maximum absolute atomic E-state index is 13.5. The number of rotatable bonds is 10. The third kappa shape index (κ3) is 7.77. The molecule has 1 atom stereocenters. The third-order valence-corrected chi connectivity index (χ3v) is 7.52. The lowest BCUT2D eigenvalue weighted by Crippen LogP contribution is -2.50. The second kappa shape index (κ2) is 13.2. The minimum atomic E-state index is -0.664. The Morgan fingerprint density at radius 3 is 2.26 bits per heavy atom. The molecule has 0 bridgehead atoms. The molecule has 34 heavy (non-hydrogen) atoms. The van der Waals surface area contributed by atoms with Crippen LogP contribution in [0.3, 0.4) is 0 Å². The molecule has 2 amide bonds. The summed E-state index contributed by atoms with van der Waals surface area (Å²) in [5, 5.41) is 3.58. The van der Waals surface area contributed by atoms with E-state index in [9.17, 15) is 9.59 Å². The van der Waals surface area contributed by atoms with Gasteiger partial charge in [-0.15, -0.1) is 11.8 Å². The molecule has 0 saturated carbocycles. The van der Waals surface area contributed by atoms with Crippen molar-refractivity contribution in [2.24, 2.45) is 0 Å². The summed E-state index contributed by atoms with van der Waals surface area (Å²) in [6.45, 7) is 0.249. The zero-order valence-electron chi connectivity index (χ0n) is 18.6. The molecule has 3 rings (SSSR count). The van der Waals surface area contributed by atoms with E-state index in [4.69, 9.17) is 23.2 Å². The molecule has 4 nitrogen and oxygen atoms in total. The van der Waals surface area contributed by atoms with E-state index in [1.165, 1.54) is 11.8 Å². The van der Waals surface area contributed by atoms with Gasteiger partial charge in [0.2, 0.25) is 11.8 Å². The van der Waals surface area contributed by atoms with Crippen molar-refractivity contribution in [1.29, 1.82) is 0 Å². The van der Waals surface area contributed by atoms with Crippen molar-refractivity contribution in [2.45, 2.75) is 24.8 Å². The summed E-state index contributed by atoms with van der Waals surface area (Å²) in [5.41, 5.74) is 2.91. The summed E-state index contributed by atoms with van der Waals surface area (Å²) in [6.07, 6.45) is 0.408. The first kappa shape index (κ1) is 26.6. The molecule has 0 fully saturated rings. The van der Waals surface area contributed by atoms with E-state index >= 15 is 0 Å². The predicted octanol–water partition coefficient (Wildman–Crippen LogP) is 6.38. The molecule has 0 aromatic heterocycles. The van der Waals surface area contributed by atoms with E-state index in [0.717, 1.165) is 21.2 Å². The van der Waals surface area contributed by atoms with Gasteiger partial charge in [0.25, 0.3) is 0 Å². The van der Waals surface area contributed by atoms with Crippen molar-refractivity contribution in [2.75, 3.05) is 12.8 Å². The van der Waals surface area contributed by atoms with Crippen LogP contribution < -0.4 is 5.32 Å². The maximum atomic E-state index is 13.5. The fourth-order valence-electron chi connectivity index (χ4n) is 3.47. The number of nitrogens with zero attached hydrogens (tertiary/aromatic N) is 1. The summed E-state index contributed by atoms with van der Waals surface area (Å²) in [5.74, 6) is 0.621. The van der Waals surface area contributed by atoms with E-state index < -0.39 is 6.04 Å². The monoisotopic (exact) mass is 578 g/mol. The van der Waals surface area contributed by atoms with Crippen LogP contribution in [0.1, 0.15) is 16.7 Å². The summed E-state index contributed by atoms with van der Waals surface area (Å²) >= 11 is 17.3. The molecule has 0 aliphatic heterocycles. The lowest BCUT2D eigenvalue weighted by Gasteiger charge is -2.31. The Morgan fingerprint density at radius 1 is 0.941 bits per heavy atom.